The number of amides is 1. The smallest absolute Gasteiger partial charge is 0.249 e. The summed E-state index contributed by atoms with van der Waals surface area (Å²) < 4.78 is 0. The summed E-state index contributed by atoms with van der Waals surface area (Å²) >= 11 is 0. The first-order valence-corrected chi connectivity index (χ1v) is 7.37. The molecular weight excluding hydrogens is 264 g/mol. The zero-order chi connectivity index (χ0) is 14.8. The van der Waals surface area contributed by atoms with Gasteiger partial charge in [0, 0.05) is 24.5 Å². The molecule has 2 heterocycles. The molecule has 1 unspecified atom stereocenters. The maximum absolute atomic E-state index is 11.8. The number of rotatable bonds is 3. The van der Waals surface area contributed by atoms with Gasteiger partial charge in [-0.05, 0) is 31.4 Å². The van der Waals surface area contributed by atoms with Gasteiger partial charge >= 0.3 is 0 Å². The number of hydrogen-bond acceptors (Lipinski definition) is 4. The molecule has 0 saturated carbocycles. The molecule has 1 saturated heterocycles. The summed E-state index contributed by atoms with van der Waals surface area (Å²) in [6.07, 6.45) is 3.38. The molecule has 1 aromatic carbocycles. The van der Waals surface area contributed by atoms with Crippen molar-refractivity contribution in [3.05, 3.63) is 35.9 Å². The molecule has 1 aliphatic heterocycles. The van der Waals surface area contributed by atoms with Gasteiger partial charge in [0.2, 0.25) is 5.91 Å². The van der Waals surface area contributed by atoms with Crippen LogP contribution in [0.4, 0.5) is 5.82 Å². The second-order valence-electron chi connectivity index (χ2n) is 5.49. The second-order valence-corrected chi connectivity index (χ2v) is 5.49. The molecule has 2 aromatic rings. The van der Waals surface area contributed by atoms with Gasteiger partial charge in [0.05, 0.1) is 11.1 Å². The van der Waals surface area contributed by atoms with Crippen molar-refractivity contribution in [1.82, 2.24) is 4.98 Å². The molecule has 1 aromatic heterocycles. The lowest BCUT2D eigenvalue weighted by Crippen LogP contribution is -2.44. The zero-order valence-corrected chi connectivity index (χ0v) is 12.0. The predicted octanol–water partition coefficient (Wildman–Crippen LogP) is 1.65. The van der Waals surface area contributed by atoms with Crippen molar-refractivity contribution < 1.29 is 4.79 Å². The van der Waals surface area contributed by atoms with Gasteiger partial charge in [-0.2, -0.15) is 0 Å². The molecular formula is C16H20N4O. The molecule has 1 fully saturated rings. The Morgan fingerprint density at radius 2 is 2.14 bits per heavy atom. The van der Waals surface area contributed by atoms with E-state index >= 15 is 0 Å². The van der Waals surface area contributed by atoms with E-state index in [0.29, 0.717) is 12.1 Å². The Morgan fingerprint density at radius 1 is 1.33 bits per heavy atom. The maximum atomic E-state index is 11.8. The number of nitrogens with two attached hydrogens (primary N) is 2. The third-order valence-electron chi connectivity index (χ3n) is 4.16. The Labute approximate surface area is 123 Å². The van der Waals surface area contributed by atoms with Gasteiger partial charge < -0.3 is 16.4 Å². The summed E-state index contributed by atoms with van der Waals surface area (Å²) in [5, 5.41) is 0.801. The van der Waals surface area contributed by atoms with Gasteiger partial charge in [-0.3, -0.25) is 4.79 Å². The molecule has 0 radical (unpaired) electrons. The number of nitrogens with zero attached hydrogens (tertiary/aromatic N) is 2. The van der Waals surface area contributed by atoms with Crippen LogP contribution in [0.25, 0.3) is 10.9 Å². The monoisotopic (exact) mass is 284 g/mol. The topological polar surface area (TPSA) is 85.2 Å². The maximum Gasteiger partial charge on any atom is 0.249 e. The van der Waals surface area contributed by atoms with E-state index in [-0.39, 0.29) is 6.04 Å². The van der Waals surface area contributed by atoms with Crippen LogP contribution in [0.3, 0.4) is 0 Å². The van der Waals surface area contributed by atoms with Crippen molar-refractivity contribution in [3.63, 3.8) is 0 Å². The van der Waals surface area contributed by atoms with Gasteiger partial charge in [-0.25, -0.2) is 4.98 Å². The minimum atomic E-state index is -0.420. The number of para-hydroxylation sites is 1. The summed E-state index contributed by atoms with van der Waals surface area (Å²) in [5.74, 6) is 0.383. The highest BCUT2D eigenvalue weighted by Gasteiger charge is 2.23. The number of fused-ring (bicyclic) bond motifs is 1. The van der Waals surface area contributed by atoms with Gasteiger partial charge in [0.15, 0.2) is 0 Å². The van der Waals surface area contributed by atoms with Crippen molar-refractivity contribution in [1.29, 1.82) is 0 Å². The van der Waals surface area contributed by atoms with E-state index in [2.05, 4.69) is 4.90 Å². The highest BCUT2D eigenvalue weighted by molar-refractivity contribution is 6.06. The third kappa shape index (κ3) is 2.56. The number of hydrogen-bond donors (Lipinski definition) is 2. The molecule has 5 heteroatoms. The summed E-state index contributed by atoms with van der Waals surface area (Å²) in [6.45, 7) is 1.52. The fourth-order valence-electron chi connectivity index (χ4n) is 3.06. The van der Waals surface area contributed by atoms with Crippen LogP contribution in [0.1, 0.15) is 29.6 Å². The van der Waals surface area contributed by atoms with E-state index in [4.69, 9.17) is 16.5 Å². The van der Waals surface area contributed by atoms with E-state index in [1.165, 1.54) is 6.42 Å². The second kappa shape index (κ2) is 5.69. The molecule has 110 valence electrons. The van der Waals surface area contributed by atoms with Crippen molar-refractivity contribution >= 4 is 22.6 Å². The number of carbonyl (C=O) groups excluding carboxylic acids is 1. The largest absolute Gasteiger partial charge is 0.366 e. The van der Waals surface area contributed by atoms with Crippen molar-refractivity contribution in [2.75, 3.05) is 18.0 Å². The molecule has 4 N–H and O–H groups in total. The van der Waals surface area contributed by atoms with E-state index in [9.17, 15) is 4.79 Å². The number of primary amides is 1. The normalized spacial score (nSPS) is 18.9. The lowest BCUT2D eigenvalue weighted by Gasteiger charge is -2.36. The Bertz CT molecular complexity index is 670. The summed E-state index contributed by atoms with van der Waals surface area (Å²) in [5.41, 5.74) is 12.7. The van der Waals surface area contributed by atoms with E-state index in [1.807, 2.05) is 24.3 Å². The van der Waals surface area contributed by atoms with Crippen LogP contribution in [0.2, 0.25) is 0 Å². The van der Waals surface area contributed by atoms with Crippen LogP contribution < -0.4 is 16.4 Å². The van der Waals surface area contributed by atoms with Gasteiger partial charge in [-0.15, -0.1) is 0 Å². The molecule has 1 atom stereocenters. The predicted molar refractivity (Wildman–Crippen MR) is 84.3 cm³/mol. The van der Waals surface area contributed by atoms with E-state index < -0.39 is 5.91 Å². The number of carbonyl (C=O) groups is 1. The Hall–Kier alpha value is -2.14. The SMILES string of the molecule is NCC1CCCCN1c1cc(C(N)=O)c2ccccc2n1. The van der Waals surface area contributed by atoms with Gasteiger partial charge in [-0.1, -0.05) is 18.2 Å². The fourth-order valence-corrected chi connectivity index (χ4v) is 3.06. The first-order chi connectivity index (χ1) is 10.2. The van der Waals surface area contributed by atoms with Crippen LogP contribution in [0, 0.1) is 0 Å². The molecule has 0 aliphatic carbocycles. The summed E-state index contributed by atoms with van der Waals surface area (Å²) in [6, 6.07) is 9.68. The standard InChI is InChI=1S/C16H20N4O/c17-10-11-5-3-4-8-20(11)15-9-13(16(18)21)12-6-1-2-7-14(12)19-15/h1-2,6-7,9,11H,3-5,8,10,17H2,(H2,18,21). The number of benzene rings is 1. The molecule has 0 spiro atoms. The highest BCUT2D eigenvalue weighted by Crippen LogP contribution is 2.27. The lowest BCUT2D eigenvalue weighted by atomic mass is 10.0. The highest BCUT2D eigenvalue weighted by atomic mass is 16.1. The van der Waals surface area contributed by atoms with Crippen molar-refractivity contribution in [2.24, 2.45) is 11.5 Å². The summed E-state index contributed by atoms with van der Waals surface area (Å²) in [7, 11) is 0. The van der Waals surface area contributed by atoms with Crippen molar-refractivity contribution in [3.8, 4) is 0 Å². The number of aromatic nitrogens is 1. The average molecular weight is 284 g/mol. The minimum absolute atomic E-state index is 0.285. The van der Waals surface area contributed by atoms with E-state index in [0.717, 1.165) is 36.1 Å². The first-order valence-electron chi connectivity index (χ1n) is 7.37. The van der Waals surface area contributed by atoms with Gasteiger partial charge in [0.1, 0.15) is 5.82 Å². The zero-order valence-electron chi connectivity index (χ0n) is 12.0. The Morgan fingerprint density at radius 3 is 2.90 bits per heavy atom. The molecule has 1 amide bonds. The average Bonchev–Trinajstić information content (AvgIpc) is 2.53. The van der Waals surface area contributed by atoms with Crippen LogP contribution in [-0.4, -0.2) is 30.0 Å². The number of piperidine rings is 1. The number of pyridine rings is 1. The molecule has 5 nitrogen and oxygen atoms in total. The molecule has 0 bridgehead atoms. The number of anilines is 1. The molecule has 21 heavy (non-hydrogen) atoms. The molecule has 1 aliphatic rings. The Kier molecular flexibility index (Phi) is 3.75. The third-order valence-corrected chi connectivity index (χ3v) is 4.16. The summed E-state index contributed by atoms with van der Waals surface area (Å²) in [4.78, 5) is 18.7. The van der Waals surface area contributed by atoms with Gasteiger partial charge in [0.25, 0.3) is 0 Å². The van der Waals surface area contributed by atoms with Crippen LogP contribution in [-0.2, 0) is 0 Å². The lowest BCUT2D eigenvalue weighted by molar-refractivity contribution is 0.100. The van der Waals surface area contributed by atoms with Crippen LogP contribution in [0.5, 0.6) is 0 Å². The quantitative estimate of drug-likeness (QED) is 0.897. The fraction of sp³-hybridized carbons (Fsp3) is 0.375. The Balaban J connectivity index is 2.12. The van der Waals surface area contributed by atoms with Crippen LogP contribution in [0.15, 0.2) is 30.3 Å². The van der Waals surface area contributed by atoms with Crippen LogP contribution >= 0.6 is 0 Å². The molecule has 3 rings (SSSR count). The minimum Gasteiger partial charge on any atom is -0.366 e. The van der Waals surface area contributed by atoms with E-state index in [1.54, 1.807) is 6.07 Å². The van der Waals surface area contributed by atoms with Crippen molar-refractivity contribution in [2.45, 2.75) is 25.3 Å². The first kappa shape index (κ1) is 13.8.